The molecular weight excluding hydrogens is 264 g/mol. The van der Waals surface area contributed by atoms with Crippen molar-refractivity contribution >= 4 is 0 Å². The van der Waals surface area contributed by atoms with E-state index in [0.717, 1.165) is 16.9 Å². The summed E-state index contributed by atoms with van der Waals surface area (Å²) in [6.07, 6.45) is 0. The van der Waals surface area contributed by atoms with Gasteiger partial charge in [-0.25, -0.2) is 0 Å². The molecular formula is C17H18N2O2. The molecule has 0 amide bonds. The molecule has 0 fully saturated rings. The van der Waals surface area contributed by atoms with Gasteiger partial charge in [0.2, 0.25) is 0 Å². The zero-order valence-corrected chi connectivity index (χ0v) is 12.2. The smallest absolute Gasteiger partial charge is 0.137 e. The number of para-hydroxylation sites is 1. The molecule has 0 aliphatic carbocycles. The summed E-state index contributed by atoms with van der Waals surface area (Å²) >= 11 is 0. The Morgan fingerprint density at radius 2 is 1.95 bits per heavy atom. The van der Waals surface area contributed by atoms with Gasteiger partial charge in [-0.15, -0.1) is 0 Å². The summed E-state index contributed by atoms with van der Waals surface area (Å²) in [4.78, 5) is 0. The van der Waals surface area contributed by atoms with Crippen molar-refractivity contribution in [1.82, 2.24) is 0 Å². The molecule has 0 heterocycles. The van der Waals surface area contributed by atoms with Gasteiger partial charge < -0.3 is 15.2 Å². The Kier molecular flexibility index (Phi) is 4.81. The zero-order valence-electron chi connectivity index (χ0n) is 12.2. The number of rotatable bonds is 5. The van der Waals surface area contributed by atoms with Crippen molar-refractivity contribution in [3.8, 4) is 17.6 Å². The lowest BCUT2D eigenvalue weighted by Crippen LogP contribution is -2.08. The van der Waals surface area contributed by atoms with E-state index in [2.05, 4.69) is 6.07 Å². The van der Waals surface area contributed by atoms with Crippen LogP contribution in [0.2, 0.25) is 0 Å². The average molecular weight is 282 g/mol. The standard InChI is InChI=1S/C17H18N2O2/c1-12(19)15-5-3-4-6-16(15)21-11-13-7-8-14(10-18)17(9-13)20-2/h3-9,12H,11,19H2,1-2H3/t12-/m0/s1. The topological polar surface area (TPSA) is 68.3 Å². The summed E-state index contributed by atoms with van der Waals surface area (Å²) in [7, 11) is 1.55. The third-order valence-electron chi connectivity index (χ3n) is 3.19. The summed E-state index contributed by atoms with van der Waals surface area (Å²) < 4.78 is 11.0. The summed E-state index contributed by atoms with van der Waals surface area (Å²) in [5.74, 6) is 1.33. The molecule has 2 aromatic carbocycles. The first-order chi connectivity index (χ1) is 10.2. The van der Waals surface area contributed by atoms with Crippen LogP contribution in [-0.2, 0) is 6.61 Å². The predicted octanol–water partition coefficient (Wildman–Crippen LogP) is 3.17. The van der Waals surface area contributed by atoms with E-state index >= 15 is 0 Å². The lowest BCUT2D eigenvalue weighted by molar-refractivity contribution is 0.300. The predicted molar refractivity (Wildman–Crippen MR) is 81.1 cm³/mol. The summed E-state index contributed by atoms with van der Waals surface area (Å²) in [6.45, 7) is 2.32. The summed E-state index contributed by atoms with van der Waals surface area (Å²) in [5.41, 5.74) is 8.35. The molecule has 2 rings (SSSR count). The van der Waals surface area contributed by atoms with Gasteiger partial charge >= 0.3 is 0 Å². The fourth-order valence-corrected chi connectivity index (χ4v) is 2.07. The molecule has 21 heavy (non-hydrogen) atoms. The molecule has 0 saturated carbocycles. The lowest BCUT2D eigenvalue weighted by atomic mass is 10.1. The molecule has 108 valence electrons. The fourth-order valence-electron chi connectivity index (χ4n) is 2.07. The van der Waals surface area contributed by atoms with E-state index in [9.17, 15) is 0 Å². The van der Waals surface area contributed by atoms with Crippen LogP contribution in [0.25, 0.3) is 0 Å². The van der Waals surface area contributed by atoms with Crippen LogP contribution in [0.5, 0.6) is 11.5 Å². The molecule has 2 aromatic rings. The maximum Gasteiger partial charge on any atom is 0.137 e. The van der Waals surface area contributed by atoms with Crippen molar-refractivity contribution in [2.75, 3.05) is 7.11 Å². The molecule has 1 atom stereocenters. The number of hydrogen-bond acceptors (Lipinski definition) is 4. The fraction of sp³-hybridized carbons (Fsp3) is 0.235. The minimum atomic E-state index is -0.0864. The Bertz CT molecular complexity index is 660. The van der Waals surface area contributed by atoms with Gasteiger partial charge in [-0.1, -0.05) is 24.3 Å². The largest absolute Gasteiger partial charge is 0.495 e. The third kappa shape index (κ3) is 3.53. The van der Waals surface area contributed by atoms with E-state index < -0.39 is 0 Å². The summed E-state index contributed by atoms with van der Waals surface area (Å²) in [5, 5.41) is 8.97. The van der Waals surface area contributed by atoms with Gasteiger partial charge in [0, 0.05) is 11.6 Å². The van der Waals surface area contributed by atoms with Crippen molar-refractivity contribution in [1.29, 1.82) is 5.26 Å². The van der Waals surface area contributed by atoms with Crippen molar-refractivity contribution < 1.29 is 9.47 Å². The SMILES string of the molecule is COc1cc(COc2ccccc2[C@H](C)N)ccc1C#N. The highest BCUT2D eigenvalue weighted by molar-refractivity contribution is 5.45. The normalized spacial score (nSPS) is 11.5. The Hall–Kier alpha value is -2.51. The molecule has 0 aromatic heterocycles. The number of benzene rings is 2. The van der Waals surface area contributed by atoms with Gasteiger partial charge in [-0.3, -0.25) is 0 Å². The van der Waals surface area contributed by atoms with Crippen LogP contribution in [0.3, 0.4) is 0 Å². The molecule has 0 aliphatic heterocycles. The maximum atomic E-state index is 8.97. The number of nitrogens with zero attached hydrogens (tertiary/aromatic N) is 1. The monoisotopic (exact) mass is 282 g/mol. The minimum absolute atomic E-state index is 0.0864. The van der Waals surface area contributed by atoms with E-state index in [1.165, 1.54) is 0 Å². The highest BCUT2D eigenvalue weighted by Crippen LogP contribution is 2.25. The molecule has 0 bridgehead atoms. The van der Waals surface area contributed by atoms with Crippen molar-refractivity contribution in [2.45, 2.75) is 19.6 Å². The zero-order chi connectivity index (χ0) is 15.2. The second-order valence-electron chi connectivity index (χ2n) is 4.76. The van der Waals surface area contributed by atoms with Gasteiger partial charge in [0.1, 0.15) is 24.2 Å². The average Bonchev–Trinajstić information content (AvgIpc) is 2.52. The molecule has 2 N–H and O–H groups in total. The van der Waals surface area contributed by atoms with Crippen LogP contribution in [0.4, 0.5) is 0 Å². The first-order valence-electron chi connectivity index (χ1n) is 6.70. The molecule has 0 unspecified atom stereocenters. The number of nitrogens with two attached hydrogens (primary N) is 1. The van der Waals surface area contributed by atoms with Gasteiger partial charge in [0.25, 0.3) is 0 Å². The molecule has 4 nitrogen and oxygen atoms in total. The number of nitriles is 1. The van der Waals surface area contributed by atoms with Gasteiger partial charge in [-0.2, -0.15) is 5.26 Å². The molecule has 0 saturated heterocycles. The van der Waals surface area contributed by atoms with Crippen LogP contribution >= 0.6 is 0 Å². The van der Waals surface area contributed by atoms with E-state index in [-0.39, 0.29) is 6.04 Å². The Labute approximate surface area is 124 Å². The molecule has 0 aliphatic rings. The van der Waals surface area contributed by atoms with E-state index in [1.54, 1.807) is 13.2 Å². The minimum Gasteiger partial charge on any atom is -0.495 e. The number of methoxy groups -OCH3 is 1. The van der Waals surface area contributed by atoms with Crippen molar-refractivity contribution in [2.24, 2.45) is 5.73 Å². The van der Waals surface area contributed by atoms with Crippen molar-refractivity contribution in [3.05, 3.63) is 59.2 Å². The quantitative estimate of drug-likeness (QED) is 0.914. The second-order valence-corrected chi connectivity index (χ2v) is 4.76. The van der Waals surface area contributed by atoms with Crippen molar-refractivity contribution in [3.63, 3.8) is 0 Å². The maximum absolute atomic E-state index is 8.97. The van der Waals surface area contributed by atoms with Gasteiger partial charge in [-0.05, 0) is 30.7 Å². The first-order valence-corrected chi connectivity index (χ1v) is 6.70. The van der Waals surface area contributed by atoms with Crippen LogP contribution in [-0.4, -0.2) is 7.11 Å². The lowest BCUT2D eigenvalue weighted by Gasteiger charge is -2.14. The Morgan fingerprint density at radius 1 is 1.19 bits per heavy atom. The van der Waals surface area contributed by atoms with E-state index in [4.69, 9.17) is 20.5 Å². The van der Waals surface area contributed by atoms with Crippen LogP contribution < -0.4 is 15.2 Å². The van der Waals surface area contributed by atoms with Crippen LogP contribution in [0.1, 0.15) is 29.7 Å². The van der Waals surface area contributed by atoms with E-state index in [1.807, 2.05) is 43.3 Å². The summed E-state index contributed by atoms with van der Waals surface area (Å²) in [6, 6.07) is 15.1. The number of hydrogen-bond donors (Lipinski definition) is 1. The highest BCUT2D eigenvalue weighted by Gasteiger charge is 2.08. The van der Waals surface area contributed by atoms with Crippen LogP contribution in [0.15, 0.2) is 42.5 Å². The number of ether oxygens (including phenoxy) is 2. The second kappa shape index (κ2) is 6.78. The molecule has 4 heteroatoms. The molecule has 0 spiro atoms. The highest BCUT2D eigenvalue weighted by atomic mass is 16.5. The first kappa shape index (κ1) is 14.9. The van der Waals surface area contributed by atoms with Crippen LogP contribution in [0, 0.1) is 11.3 Å². The van der Waals surface area contributed by atoms with Gasteiger partial charge in [0.15, 0.2) is 0 Å². The Morgan fingerprint density at radius 3 is 2.62 bits per heavy atom. The molecule has 0 radical (unpaired) electrons. The van der Waals surface area contributed by atoms with Gasteiger partial charge in [0.05, 0.1) is 12.7 Å². The van der Waals surface area contributed by atoms with E-state index in [0.29, 0.717) is 17.9 Å². The Balaban J connectivity index is 2.16. The third-order valence-corrected chi connectivity index (χ3v) is 3.19.